The van der Waals surface area contributed by atoms with Crippen molar-refractivity contribution >= 4 is 24.0 Å². The van der Waals surface area contributed by atoms with Gasteiger partial charge in [-0.1, -0.05) is 37.3 Å². The Hall–Kier alpha value is -3.97. The van der Waals surface area contributed by atoms with E-state index in [0.29, 0.717) is 30.0 Å². The maximum atomic E-state index is 13.7. The van der Waals surface area contributed by atoms with Crippen molar-refractivity contribution in [3.05, 3.63) is 65.9 Å². The van der Waals surface area contributed by atoms with Gasteiger partial charge in [0.2, 0.25) is 0 Å². The third-order valence-corrected chi connectivity index (χ3v) is 7.85. The molecule has 2 aliphatic heterocycles. The number of benzene rings is 1. The van der Waals surface area contributed by atoms with Crippen LogP contribution in [0.3, 0.4) is 0 Å². The predicted octanol–water partition coefficient (Wildman–Crippen LogP) is 6.31. The fourth-order valence-corrected chi connectivity index (χ4v) is 5.38. The first kappa shape index (κ1) is 37.8. The van der Waals surface area contributed by atoms with Crippen molar-refractivity contribution < 1.29 is 47.9 Å². The first-order valence-electron chi connectivity index (χ1n) is 16.6. The van der Waals surface area contributed by atoms with Crippen LogP contribution < -0.4 is 14.4 Å². The molecule has 1 fully saturated rings. The predicted molar refractivity (Wildman–Crippen MR) is 184 cm³/mol. The Morgan fingerprint density at radius 2 is 1.90 bits per heavy atom. The zero-order chi connectivity index (χ0) is 35.8. The average molecular weight is 683 g/mol. The zero-order valence-corrected chi connectivity index (χ0v) is 29.7. The second-order valence-corrected chi connectivity index (χ2v) is 13.6. The number of carbonyl (C=O) groups excluding carboxylic acids is 2. The minimum Gasteiger partial charge on any atom is -0.493 e. The number of aliphatic hydroxyl groups excluding tert-OH is 1. The normalized spacial score (nSPS) is 25.2. The van der Waals surface area contributed by atoms with E-state index in [1.807, 2.05) is 53.7 Å². The molecule has 12 nitrogen and oxygen atoms in total. The van der Waals surface area contributed by atoms with E-state index in [1.165, 1.54) is 12.0 Å². The summed E-state index contributed by atoms with van der Waals surface area (Å²) in [5.74, 6) is -0.540. The van der Waals surface area contributed by atoms with E-state index in [-0.39, 0.29) is 37.2 Å². The highest BCUT2D eigenvalue weighted by Crippen LogP contribution is 2.35. The number of aromatic nitrogens is 1. The molecule has 268 valence electrons. The number of hydrogen-bond donors (Lipinski definition) is 1. The van der Waals surface area contributed by atoms with Crippen LogP contribution in [0.25, 0.3) is 6.08 Å². The van der Waals surface area contributed by atoms with Crippen molar-refractivity contribution in [1.82, 2.24) is 4.98 Å². The molecular weight excluding hydrogens is 632 g/mol. The lowest BCUT2D eigenvalue weighted by Gasteiger charge is -2.26. The van der Waals surface area contributed by atoms with Gasteiger partial charge in [0.15, 0.2) is 12.6 Å². The van der Waals surface area contributed by atoms with Crippen LogP contribution in [0.15, 0.2) is 54.8 Å². The van der Waals surface area contributed by atoms with Crippen molar-refractivity contribution in [3.8, 4) is 11.5 Å². The van der Waals surface area contributed by atoms with Gasteiger partial charge < -0.3 is 38.3 Å². The second-order valence-electron chi connectivity index (χ2n) is 13.6. The molecular formula is C37H50N2O10. The number of amides is 1. The Kier molecular flexibility index (Phi) is 12.8. The van der Waals surface area contributed by atoms with Crippen molar-refractivity contribution in [2.24, 2.45) is 5.92 Å². The zero-order valence-electron chi connectivity index (χ0n) is 29.7. The molecule has 1 aromatic carbocycles. The van der Waals surface area contributed by atoms with E-state index in [4.69, 9.17) is 33.2 Å². The number of carbonyl (C=O) groups is 2. The van der Waals surface area contributed by atoms with Gasteiger partial charge >= 0.3 is 12.1 Å². The van der Waals surface area contributed by atoms with Crippen LogP contribution in [0.4, 0.5) is 10.6 Å². The Morgan fingerprint density at radius 1 is 1.12 bits per heavy atom. The third kappa shape index (κ3) is 10.8. The Labute approximate surface area is 288 Å². The first-order valence-corrected chi connectivity index (χ1v) is 16.6. The molecule has 1 saturated heterocycles. The summed E-state index contributed by atoms with van der Waals surface area (Å²) in [6.07, 6.45) is 6.59. The summed E-state index contributed by atoms with van der Waals surface area (Å²) in [5, 5.41) is 11.0. The maximum Gasteiger partial charge on any atom is 0.416 e. The van der Waals surface area contributed by atoms with Gasteiger partial charge in [-0.3, -0.25) is 4.90 Å². The molecule has 2 aliphatic rings. The Morgan fingerprint density at radius 3 is 2.59 bits per heavy atom. The molecule has 1 amide bonds. The number of rotatable bonds is 9. The van der Waals surface area contributed by atoms with Crippen molar-refractivity contribution in [1.29, 1.82) is 0 Å². The molecule has 12 heteroatoms. The fraction of sp³-hybridized carbons (Fsp3) is 0.541. The number of esters is 1. The lowest BCUT2D eigenvalue weighted by atomic mass is 9.99. The van der Waals surface area contributed by atoms with E-state index in [0.717, 1.165) is 0 Å². The van der Waals surface area contributed by atoms with Gasteiger partial charge in [-0.2, -0.15) is 0 Å². The lowest BCUT2D eigenvalue weighted by molar-refractivity contribution is -0.152. The number of nitrogens with zero attached hydrogens (tertiary/aromatic N) is 2. The van der Waals surface area contributed by atoms with E-state index >= 15 is 0 Å². The van der Waals surface area contributed by atoms with Crippen LogP contribution in [0.5, 0.6) is 11.5 Å². The topological polar surface area (TPSA) is 135 Å². The van der Waals surface area contributed by atoms with Crippen molar-refractivity contribution in [2.75, 3.05) is 32.0 Å². The number of ether oxygens (including phenoxy) is 7. The summed E-state index contributed by atoms with van der Waals surface area (Å²) in [4.78, 5) is 32.5. The number of anilines is 1. The minimum atomic E-state index is -0.918. The minimum absolute atomic E-state index is 0.113. The van der Waals surface area contributed by atoms with Crippen LogP contribution in [-0.2, 0) is 23.7 Å². The molecule has 49 heavy (non-hydrogen) atoms. The van der Waals surface area contributed by atoms with Gasteiger partial charge in [-0.05, 0) is 78.1 Å². The lowest BCUT2D eigenvalue weighted by Crippen LogP contribution is -2.38. The molecule has 0 aliphatic carbocycles. The summed E-state index contributed by atoms with van der Waals surface area (Å²) in [7, 11) is 1.49. The maximum absolute atomic E-state index is 13.7. The fourth-order valence-electron chi connectivity index (χ4n) is 5.38. The van der Waals surface area contributed by atoms with E-state index in [1.54, 1.807) is 55.6 Å². The van der Waals surface area contributed by atoms with Crippen molar-refractivity contribution in [3.63, 3.8) is 0 Å². The summed E-state index contributed by atoms with van der Waals surface area (Å²) in [5.41, 5.74) is 0.0382. The Balaban J connectivity index is 1.61. The smallest absolute Gasteiger partial charge is 0.416 e. The van der Waals surface area contributed by atoms with E-state index in [9.17, 15) is 14.7 Å². The van der Waals surface area contributed by atoms with Crippen molar-refractivity contribution in [2.45, 2.75) is 97.1 Å². The first-order chi connectivity index (χ1) is 23.2. The van der Waals surface area contributed by atoms with Crippen LogP contribution >= 0.6 is 0 Å². The molecule has 4 rings (SSSR count). The van der Waals surface area contributed by atoms with E-state index in [2.05, 4.69) is 4.98 Å². The highest BCUT2D eigenvalue weighted by molar-refractivity contribution is 5.97. The summed E-state index contributed by atoms with van der Waals surface area (Å²) in [6, 6.07) is 8.68. The quantitative estimate of drug-likeness (QED) is 0.138. The summed E-state index contributed by atoms with van der Waals surface area (Å²) >= 11 is 0. The molecule has 1 N–H and O–H groups in total. The SMILES string of the molecule is COCOc1cc(OCCCN(C(=O)OC(C)(C)C)c2ccccn2)cc2c1C(=O)O[C@@H](C)[C@H](C)/C=C\C(O)[C@H]1OC(C)(C)O[C@H]1C/C=C/2. The van der Waals surface area contributed by atoms with E-state index < -0.39 is 47.9 Å². The van der Waals surface area contributed by atoms with Crippen LogP contribution in [0, 0.1) is 5.92 Å². The molecule has 3 heterocycles. The molecule has 5 atom stereocenters. The molecule has 0 spiro atoms. The van der Waals surface area contributed by atoms with Crippen LogP contribution in [0.2, 0.25) is 0 Å². The second kappa shape index (κ2) is 16.6. The monoisotopic (exact) mass is 682 g/mol. The van der Waals surface area contributed by atoms with Crippen LogP contribution in [0.1, 0.15) is 77.2 Å². The molecule has 1 unspecified atom stereocenters. The van der Waals surface area contributed by atoms with Gasteiger partial charge in [0.25, 0.3) is 0 Å². The standard InChI is InChI=1S/C37H50N2O10/c1-24-16-17-28(40)33-29(47-37(6,7)48-33)14-11-13-26-21-27(22-30(45-23-43-8)32(26)34(41)46-25(24)2)44-20-12-19-39(31-15-9-10-18-38-31)35(42)49-36(3,4)5/h9-11,13,15-18,21-22,24-25,28-29,33,40H,12,14,19-20,23H2,1-8H3/b13-11+,17-16-/t24-,25+,28?,29+,33-/m1/s1. The average Bonchev–Trinajstić information content (AvgIpc) is 3.35. The number of methoxy groups -OCH3 is 1. The number of cyclic esters (lactones) is 1. The number of aliphatic hydroxyl groups is 1. The number of hydrogen-bond acceptors (Lipinski definition) is 11. The molecule has 0 saturated carbocycles. The summed E-state index contributed by atoms with van der Waals surface area (Å²) in [6.45, 7) is 13.1. The third-order valence-electron chi connectivity index (χ3n) is 7.85. The molecule has 0 bridgehead atoms. The van der Waals surface area contributed by atoms with Gasteiger partial charge in [0, 0.05) is 31.8 Å². The van der Waals surface area contributed by atoms with Gasteiger partial charge in [0.1, 0.15) is 46.8 Å². The number of fused-ring (bicyclic) bond motifs is 2. The largest absolute Gasteiger partial charge is 0.493 e. The van der Waals surface area contributed by atoms with Gasteiger partial charge in [-0.25, -0.2) is 14.6 Å². The van der Waals surface area contributed by atoms with Crippen LogP contribution in [-0.4, -0.2) is 85.0 Å². The number of pyridine rings is 1. The molecule has 0 radical (unpaired) electrons. The summed E-state index contributed by atoms with van der Waals surface area (Å²) < 4.78 is 40.9. The highest BCUT2D eigenvalue weighted by Gasteiger charge is 2.43. The molecule has 1 aromatic heterocycles. The molecule has 2 aromatic rings. The van der Waals surface area contributed by atoms with Gasteiger partial charge in [0.05, 0.1) is 12.7 Å². The Bertz CT molecular complexity index is 1470. The highest BCUT2D eigenvalue weighted by atomic mass is 16.8. The van der Waals surface area contributed by atoms with Gasteiger partial charge in [-0.15, -0.1) is 0 Å².